The number of carbonyl (C=O) groups is 1. The van der Waals surface area contributed by atoms with Crippen LogP contribution in [0.15, 0.2) is 66.9 Å². The zero-order chi connectivity index (χ0) is 13.9. The molecule has 2 heteroatoms. The Morgan fingerprint density at radius 3 is 2.70 bits per heavy atom. The molecule has 20 heavy (non-hydrogen) atoms. The number of Topliss-reactive ketones (excluding diaryl/α,β-unsaturated/α-hetero) is 1. The van der Waals surface area contributed by atoms with E-state index in [1.165, 1.54) is 5.39 Å². The molecule has 3 rings (SSSR count). The van der Waals surface area contributed by atoms with E-state index in [0.717, 1.165) is 10.9 Å². The SMILES string of the molecule is CC1C=CC=CN1CC(=O)c1ccc2ccccc2c1. The van der Waals surface area contributed by atoms with Gasteiger partial charge < -0.3 is 4.90 Å². The van der Waals surface area contributed by atoms with Gasteiger partial charge in [0.15, 0.2) is 5.78 Å². The van der Waals surface area contributed by atoms with Gasteiger partial charge in [-0.2, -0.15) is 0 Å². The second-order valence-corrected chi connectivity index (χ2v) is 5.12. The Balaban J connectivity index is 1.82. The maximum absolute atomic E-state index is 12.4. The van der Waals surface area contributed by atoms with E-state index in [-0.39, 0.29) is 11.8 Å². The highest BCUT2D eigenvalue weighted by Crippen LogP contribution is 2.17. The van der Waals surface area contributed by atoms with Gasteiger partial charge >= 0.3 is 0 Å². The smallest absolute Gasteiger partial charge is 0.182 e. The molecule has 2 aromatic rings. The maximum Gasteiger partial charge on any atom is 0.182 e. The Bertz CT molecular complexity index is 699. The number of hydrogen-bond acceptors (Lipinski definition) is 2. The Labute approximate surface area is 119 Å². The van der Waals surface area contributed by atoms with Crippen LogP contribution in [-0.4, -0.2) is 23.3 Å². The molecule has 1 heterocycles. The van der Waals surface area contributed by atoms with Crippen molar-refractivity contribution in [3.05, 3.63) is 72.5 Å². The molecule has 2 nitrogen and oxygen atoms in total. The molecule has 100 valence electrons. The Morgan fingerprint density at radius 1 is 1.10 bits per heavy atom. The van der Waals surface area contributed by atoms with E-state index < -0.39 is 0 Å². The van der Waals surface area contributed by atoms with Crippen molar-refractivity contribution < 1.29 is 4.79 Å². The van der Waals surface area contributed by atoms with Gasteiger partial charge in [-0.3, -0.25) is 4.79 Å². The molecule has 0 spiro atoms. The van der Waals surface area contributed by atoms with Crippen molar-refractivity contribution in [2.24, 2.45) is 0 Å². The summed E-state index contributed by atoms with van der Waals surface area (Å²) in [6.45, 7) is 2.51. The number of allylic oxidation sites excluding steroid dienone is 2. The quantitative estimate of drug-likeness (QED) is 0.785. The number of carbonyl (C=O) groups excluding carboxylic acids is 1. The molecule has 0 bridgehead atoms. The van der Waals surface area contributed by atoms with Crippen molar-refractivity contribution >= 4 is 16.6 Å². The largest absolute Gasteiger partial charge is 0.364 e. The van der Waals surface area contributed by atoms with Crippen LogP contribution in [0.5, 0.6) is 0 Å². The summed E-state index contributed by atoms with van der Waals surface area (Å²) in [5.41, 5.74) is 0.777. The second-order valence-electron chi connectivity index (χ2n) is 5.12. The van der Waals surface area contributed by atoms with Crippen LogP contribution in [0.25, 0.3) is 10.8 Å². The lowest BCUT2D eigenvalue weighted by Gasteiger charge is -2.26. The molecular weight excluding hydrogens is 246 g/mol. The van der Waals surface area contributed by atoms with Crippen LogP contribution in [0, 0.1) is 0 Å². The van der Waals surface area contributed by atoms with Crippen LogP contribution in [0.1, 0.15) is 17.3 Å². The minimum atomic E-state index is 0.155. The van der Waals surface area contributed by atoms with Gasteiger partial charge in [-0.1, -0.05) is 48.6 Å². The van der Waals surface area contributed by atoms with Crippen molar-refractivity contribution in [2.45, 2.75) is 13.0 Å². The number of benzene rings is 2. The van der Waals surface area contributed by atoms with Crippen LogP contribution < -0.4 is 0 Å². The summed E-state index contributed by atoms with van der Waals surface area (Å²) in [6.07, 6.45) is 8.05. The van der Waals surface area contributed by atoms with Crippen molar-refractivity contribution in [3.63, 3.8) is 0 Å². The van der Waals surface area contributed by atoms with E-state index in [1.54, 1.807) is 0 Å². The number of ketones is 1. The minimum absolute atomic E-state index is 0.155. The Morgan fingerprint density at radius 2 is 1.90 bits per heavy atom. The molecule has 0 fully saturated rings. The third-order valence-corrected chi connectivity index (χ3v) is 3.70. The molecule has 1 unspecified atom stereocenters. The van der Waals surface area contributed by atoms with Gasteiger partial charge in [-0.05, 0) is 29.8 Å². The van der Waals surface area contributed by atoms with Crippen LogP contribution >= 0.6 is 0 Å². The third kappa shape index (κ3) is 2.50. The predicted molar refractivity (Wildman–Crippen MR) is 82.7 cm³/mol. The van der Waals surface area contributed by atoms with E-state index in [4.69, 9.17) is 0 Å². The molecule has 0 N–H and O–H groups in total. The molecule has 0 aromatic heterocycles. The number of nitrogens with zero attached hydrogens (tertiary/aromatic N) is 1. The first kappa shape index (κ1) is 12.7. The molecule has 0 aliphatic carbocycles. The van der Waals surface area contributed by atoms with Crippen molar-refractivity contribution in [3.8, 4) is 0 Å². The number of fused-ring (bicyclic) bond motifs is 1. The zero-order valence-electron chi connectivity index (χ0n) is 11.5. The molecular formula is C18H17NO. The van der Waals surface area contributed by atoms with Gasteiger partial charge in [0.05, 0.1) is 6.54 Å². The fourth-order valence-electron chi connectivity index (χ4n) is 2.45. The Hall–Kier alpha value is -2.35. The first-order valence-corrected chi connectivity index (χ1v) is 6.87. The topological polar surface area (TPSA) is 20.3 Å². The molecule has 1 aliphatic heterocycles. The highest BCUT2D eigenvalue weighted by Gasteiger charge is 2.14. The first-order valence-electron chi connectivity index (χ1n) is 6.87. The lowest BCUT2D eigenvalue weighted by Crippen LogP contribution is -2.32. The van der Waals surface area contributed by atoms with Crippen molar-refractivity contribution in [1.82, 2.24) is 4.90 Å². The molecule has 2 aromatic carbocycles. The normalized spacial score (nSPS) is 17.6. The highest BCUT2D eigenvalue weighted by atomic mass is 16.1. The van der Waals surface area contributed by atoms with E-state index in [0.29, 0.717) is 6.54 Å². The van der Waals surface area contributed by atoms with Gasteiger partial charge in [0, 0.05) is 17.8 Å². The van der Waals surface area contributed by atoms with Crippen LogP contribution in [0.2, 0.25) is 0 Å². The average Bonchev–Trinajstić information content (AvgIpc) is 2.49. The summed E-state index contributed by atoms with van der Waals surface area (Å²) in [4.78, 5) is 14.5. The molecule has 0 radical (unpaired) electrons. The lowest BCUT2D eigenvalue weighted by molar-refractivity contribution is 0.0947. The summed E-state index contributed by atoms with van der Waals surface area (Å²) in [5.74, 6) is 0.155. The van der Waals surface area contributed by atoms with Crippen molar-refractivity contribution in [1.29, 1.82) is 0 Å². The maximum atomic E-state index is 12.4. The van der Waals surface area contributed by atoms with Gasteiger partial charge in [-0.25, -0.2) is 0 Å². The van der Waals surface area contributed by atoms with Gasteiger partial charge in [0.25, 0.3) is 0 Å². The summed E-state index contributed by atoms with van der Waals surface area (Å²) < 4.78 is 0. The number of rotatable bonds is 3. The fraction of sp³-hybridized carbons (Fsp3) is 0.167. The van der Waals surface area contributed by atoms with E-state index in [1.807, 2.05) is 54.8 Å². The van der Waals surface area contributed by atoms with Crippen LogP contribution in [-0.2, 0) is 0 Å². The minimum Gasteiger partial charge on any atom is -0.364 e. The third-order valence-electron chi connectivity index (χ3n) is 3.70. The lowest BCUT2D eigenvalue weighted by atomic mass is 10.0. The molecule has 0 saturated carbocycles. The molecule has 1 aliphatic rings. The first-order chi connectivity index (χ1) is 9.74. The van der Waals surface area contributed by atoms with E-state index in [9.17, 15) is 4.79 Å². The fourth-order valence-corrected chi connectivity index (χ4v) is 2.45. The van der Waals surface area contributed by atoms with Crippen molar-refractivity contribution in [2.75, 3.05) is 6.54 Å². The summed E-state index contributed by atoms with van der Waals surface area (Å²) in [6, 6.07) is 14.3. The zero-order valence-corrected chi connectivity index (χ0v) is 11.5. The monoisotopic (exact) mass is 263 g/mol. The van der Waals surface area contributed by atoms with E-state index in [2.05, 4.69) is 24.0 Å². The predicted octanol–water partition coefficient (Wildman–Crippen LogP) is 3.80. The summed E-state index contributed by atoms with van der Waals surface area (Å²) in [7, 11) is 0. The molecule has 1 atom stereocenters. The van der Waals surface area contributed by atoms with Gasteiger partial charge in [-0.15, -0.1) is 0 Å². The highest BCUT2D eigenvalue weighted by molar-refractivity contribution is 6.01. The summed E-state index contributed by atoms with van der Waals surface area (Å²) >= 11 is 0. The van der Waals surface area contributed by atoms with Gasteiger partial charge in [0.1, 0.15) is 0 Å². The van der Waals surface area contributed by atoms with Gasteiger partial charge in [0.2, 0.25) is 0 Å². The average molecular weight is 263 g/mol. The van der Waals surface area contributed by atoms with E-state index >= 15 is 0 Å². The van der Waals surface area contributed by atoms with Crippen LogP contribution in [0.4, 0.5) is 0 Å². The molecule has 0 saturated heterocycles. The van der Waals surface area contributed by atoms with Crippen LogP contribution in [0.3, 0.4) is 0 Å². The Kier molecular flexibility index (Phi) is 3.38. The summed E-state index contributed by atoms with van der Waals surface area (Å²) in [5, 5.41) is 2.28. The second kappa shape index (κ2) is 5.33. The standard InChI is InChI=1S/C18H17NO/c1-14-6-4-5-11-19(14)13-18(20)17-10-9-15-7-2-3-8-16(15)12-17/h2-12,14H,13H2,1H3. The number of hydrogen-bond donors (Lipinski definition) is 0. The molecule has 0 amide bonds.